The molecule has 0 bridgehead atoms. The van der Waals surface area contributed by atoms with Gasteiger partial charge >= 0.3 is 5.97 Å². The van der Waals surface area contributed by atoms with Crippen molar-refractivity contribution in [3.63, 3.8) is 0 Å². The number of aliphatic hydroxyl groups excluding tert-OH is 3. The Labute approximate surface area is 305 Å². The molecule has 0 unspecified atom stereocenters. The average Bonchev–Trinajstić information content (AvgIpc) is 3.57. The summed E-state index contributed by atoms with van der Waals surface area (Å²) < 4.78 is 5.52. The van der Waals surface area contributed by atoms with Gasteiger partial charge in [-0.05, 0) is 127 Å². The Hall–Kier alpha value is -4.02. The Kier molecular flexibility index (Phi) is 10.6. The molecule has 2 fully saturated rings. The van der Waals surface area contributed by atoms with Gasteiger partial charge in [0.15, 0.2) is 23.9 Å². The van der Waals surface area contributed by atoms with Crippen molar-refractivity contribution >= 4 is 24.1 Å². The summed E-state index contributed by atoms with van der Waals surface area (Å²) in [5.74, 6) is -2.60. The fourth-order valence-electron chi connectivity index (χ4n) is 10.2. The molecule has 0 spiro atoms. The molecule has 10 heteroatoms. The Bertz CT molecular complexity index is 1930. The number of fused-ring (bicyclic) bond motifs is 3. The fourth-order valence-corrected chi connectivity index (χ4v) is 10.2. The number of rotatable bonds is 8. The highest BCUT2D eigenvalue weighted by Gasteiger charge is 2.58. The van der Waals surface area contributed by atoms with Crippen LogP contribution in [0.25, 0.3) is 11.8 Å². The molecule has 3 aliphatic rings. The standard InChI is InChI=1S/C42H54O10/c1-19(2)26-10-12-41(8,32(18-43)52-23(7)44)35(26)28-14-24(15-30(46)37(48)21(28)5)29(45)16-25-17-31(47)38(49)22(6)33-34(25)39(50)40(51)42(9)13-11-27(20(3)4)36(33)42/h14-20,26-27,32,35-36,39-40,45,50-51H,10-13H2,1-9H3,(H,46,48)(H,47,49)/b29-16-/t26-,27-,32+,35-,36-,39-,40+,41+,42-/m1/s1. The van der Waals surface area contributed by atoms with Crippen LogP contribution in [0.3, 0.4) is 0 Å². The van der Waals surface area contributed by atoms with E-state index in [2.05, 4.69) is 13.8 Å². The summed E-state index contributed by atoms with van der Waals surface area (Å²) in [5.41, 5.74) is -1.25. The van der Waals surface area contributed by atoms with Crippen LogP contribution in [0.2, 0.25) is 0 Å². The van der Waals surface area contributed by atoms with Crippen LogP contribution in [0.4, 0.5) is 0 Å². The van der Waals surface area contributed by atoms with E-state index in [1.165, 1.54) is 13.0 Å². The van der Waals surface area contributed by atoms with Crippen LogP contribution >= 0.6 is 0 Å². The summed E-state index contributed by atoms with van der Waals surface area (Å²) in [5, 5.41) is 57.6. The van der Waals surface area contributed by atoms with E-state index in [-0.39, 0.29) is 51.8 Å². The van der Waals surface area contributed by atoms with Crippen molar-refractivity contribution in [2.45, 2.75) is 118 Å². The van der Waals surface area contributed by atoms with Crippen molar-refractivity contribution in [2.24, 2.45) is 34.5 Å². The lowest BCUT2D eigenvalue weighted by molar-refractivity contribution is -0.157. The molecule has 0 saturated heterocycles. The van der Waals surface area contributed by atoms with Gasteiger partial charge in [0.2, 0.25) is 10.9 Å². The van der Waals surface area contributed by atoms with Crippen molar-refractivity contribution in [3.8, 4) is 11.5 Å². The maximum Gasteiger partial charge on any atom is 0.303 e. The SMILES string of the molecule is CC(=O)O[C@@H](C=O)[C@]1(C)CC[C@H](C(C)C)[C@@H]1c1cc(/C(O)=C/c2cc(=O)c(O)c(C)c3c2[C@@H](O)[C@H](O)[C@]2(C)CC[C@H](C(C)C)[C@H]32)cc(=O)c(O)c1C. The zero-order chi connectivity index (χ0) is 38.8. The van der Waals surface area contributed by atoms with Crippen molar-refractivity contribution in [3.05, 3.63) is 77.6 Å². The topological polar surface area (TPSA) is 179 Å². The molecule has 5 N–H and O–H groups in total. The summed E-state index contributed by atoms with van der Waals surface area (Å²) in [4.78, 5) is 51.4. The summed E-state index contributed by atoms with van der Waals surface area (Å²) in [7, 11) is 0. The summed E-state index contributed by atoms with van der Waals surface area (Å²) in [6.07, 6.45) is 0.687. The number of aliphatic hydroxyl groups is 3. The first kappa shape index (κ1) is 39.2. The molecule has 0 radical (unpaired) electrons. The molecule has 10 nitrogen and oxygen atoms in total. The molecule has 2 aromatic rings. The third-order valence-electron chi connectivity index (χ3n) is 13.1. The minimum absolute atomic E-state index is 0.000513. The molecule has 0 aromatic heterocycles. The monoisotopic (exact) mass is 718 g/mol. The third-order valence-corrected chi connectivity index (χ3v) is 13.1. The van der Waals surface area contributed by atoms with Crippen molar-refractivity contribution in [1.82, 2.24) is 0 Å². The lowest BCUT2D eigenvalue weighted by Gasteiger charge is -2.47. The number of aromatic hydroxyl groups is 2. The lowest BCUT2D eigenvalue weighted by atomic mass is 9.60. The van der Waals surface area contributed by atoms with Gasteiger partial charge in [0.1, 0.15) is 11.9 Å². The molecule has 52 heavy (non-hydrogen) atoms. The van der Waals surface area contributed by atoms with E-state index in [0.717, 1.165) is 18.6 Å². The van der Waals surface area contributed by atoms with E-state index in [1.807, 2.05) is 27.7 Å². The van der Waals surface area contributed by atoms with Crippen LogP contribution in [0.15, 0.2) is 27.8 Å². The Morgan fingerprint density at radius 1 is 0.865 bits per heavy atom. The first-order chi connectivity index (χ1) is 24.2. The molecule has 0 amide bonds. The van der Waals surface area contributed by atoms with E-state index < -0.39 is 69.1 Å². The number of ether oxygens (including phenoxy) is 1. The van der Waals surface area contributed by atoms with Crippen LogP contribution in [0, 0.1) is 48.3 Å². The predicted octanol–water partition coefficient (Wildman–Crippen LogP) is 6.34. The summed E-state index contributed by atoms with van der Waals surface area (Å²) in [6, 6.07) is 3.80. The fraction of sp³-hybridized carbons (Fsp3) is 0.571. The number of esters is 1. The minimum atomic E-state index is -1.46. The van der Waals surface area contributed by atoms with Gasteiger partial charge in [-0.1, -0.05) is 41.5 Å². The number of carbonyl (C=O) groups is 2. The molecule has 0 heterocycles. The predicted molar refractivity (Wildman–Crippen MR) is 198 cm³/mol. The molecular formula is C42H54O10. The zero-order valence-electron chi connectivity index (χ0n) is 31.7. The Balaban J connectivity index is 1.80. The average molecular weight is 719 g/mol. The molecule has 9 atom stereocenters. The number of hydrogen-bond acceptors (Lipinski definition) is 10. The van der Waals surface area contributed by atoms with Gasteiger partial charge in [-0.3, -0.25) is 19.2 Å². The summed E-state index contributed by atoms with van der Waals surface area (Å²) >= 11 is 0. The Morgan fingerprint density at radius 2 is 1.42 bits per heavy atom. The molecule has 2 saturated carbocycles. The van der Waals surface area contributed by atoms with Gasteiger partial charge < -0.3 is 30.3 Å². The Morgan fingerprint density at radius 3 is 2.00 bits per heavy atom. The van der Waals surface area contributed by atoms with Gasteiger partial charge in [0.05, 0.1) is 6.10 Å². The van der Waals surface area contributed by atoms with Crippen LogP contribution in [-0.4, -0.2) is 50.0 Å². The van der Waals surface area contributed by atoms with Gasteiger partial charge in [0.25, 0.3) is 0 Å². The van der Waals surface area contributed by atoms with Gasteiger partial charge in [-0.2, -0.15) is 0 Å². The van der Waals surface area contributed by atoms with Gasteiger partial charge in [-0.25, -0.2) is 0 Å². The van der Waals surface area contributed by atoms with Crippen LogP contribution in [0.5, 0.6) is 11.5 Å². The maximum absolute atomic E-state index is 13.4. The molecular weight excluding hydrogens is 664 g/mol. The largest absolute Gasteiger partial charge is 0.507 e. The minimum Gasteiger partial charge on any atom is -0.507 e. The van der Waals surface area contributed by atoms with Crippen molar-refractivity contribution < 1.29 is 39.9 Å². The number of carbonyl (C=O) groups excluding carboxylic acids is 2. The second-order valence-corrected chi connectivity index (χ2v) is 16.7. The van der Waals surface area contributed by atoms with Crippen LogP contribution in [-0.2, 0) is 14.3 Å². The van der Waals surface area contributed by atoms with Crippen LogP contribution in [0.1, 0.15) is 131 Å². The highest BCUT2D eigenvalue weighted by atomic mass is 16.5. The maximum atomic E-state index is 13.4. The quantitative estimate of drug-likeness (QED) is 0.118. The van der Waals surface area contributed by atoms with E-state index >= 15 is 0 Å². The summed E-state index contributed by atoms with van der Waals surface area (Å²) in [6.45, 7) is 16.5. The first-order valence-corrected chi connectivity index (χ1v) is 18.4. The smallest absolute Gasteiger partial charge is 0.303 e. The lowest BCUT2D eigenvalue weighted by Crippen LogP contribution is -2.45. The highest BCUT2D eigenvalue weighted by molar-refractivity contribution is 5.79. The van der Waals surface area contributed by atoms with E-state index in [9.17, 15) is 44.7 Å². The molecule has 282 valence electrons. The van der Waals surface area contributed by atoms with E-state index in [4.69, 9.17) is 4.74 Å². The molecule has 0 aliphatic heterocycles. The third kappa shape index (κ3) is 6.25. The van der Waals surface area contributed by atoms with Gasteiger partial charge in [-0.15, -0.1) is 0 Å². The van der Waals surface area contributed by atoms with Gasteiger partial charge in [0, 0.05) is 29.4 Å². The first-order valence-electron chi connectivity index (χ1n) is 18.4. The zero-order valence-corrected chi connectivity index (χ0v) is 31.7. The van der Waals surface area contributed by atoms with Crippen LogP contribution < -0.4 is 10.9 Å². The number of aldehydes is 1. The second kappa shape index (κ2) is 14.1. The second-order valence-electron chi connectivity index (χ2n) is 16.7. The van der Waals surface area contributed by atoms with Crippen molar-refractivity contribution in [2.75, 3.05) is 0 Å². The molecule has 3 aliphatic carbocycles. The highest BCUT2D eigenvalue weighted by Crippen LogP contribution is 2.63. The molecule has 2 aromatic carbocycles. The number of hydrogen-bond donors (Lipinski definition) is 5. The normalized spacial score (nSPS) is 30.6. The van der Waals surface area contributed by atoms with E-state index in [0.29, 0.717) is 42.2 Å². The van der Waals surface area contributed by atoms with E-state index in [1.54, 1.807) is 19.9 Å². The molecule has 5 rings (SSSR count). The van der Waals surface area contributed by atoms with Crippen molar-refractivity contribution in [1.29, 1.82) is 0 Å².